The molecule has 0 fully saturated rings. The molecule has 0 bridgehead atoms. The maximum atomic E-state index is 11.4. The zero-order chi connectivity index (χ0) is 10.1. The van der Waals surface area contributed by atoms with Crippen LogP contribution in [0.5, 0.6) is 0 Å². The lowest BCUT2D eigenvalue weighted by atomic mass is 10.3. The molecule has 0 saturated heterocycles. The number of carbonyl (C=O) groups excluding carboxylic acids is 1. The lowest BCUT2D eigenvalue weighted by molar-refractivity contribution is 0.0518. The van der Waals surface area contributed by atoms with Gasteiger partial charge in [0.1, 0.15) is 10.4 Å². The SMILES string of the molecule is CCOC(=O)c1nc2n(c1Br)CCC2. The Balaban J connectivity index is 2.32. The Morgan fingerprint density at radius 1 is 1.71 bits per heavy atom. The van der Waals surface area contributed by atoms with Gasteiger partial charge < -0.3 is 9.30 Å². The van der Waals surface area contributed by atoms with Gasteiger partial charge in [-0.05, 0) is 29.3 Å². The highest BCUT2D eigenvalue weighted by atomic mass is 79.9. The molecule has 5 heteroatoms. The zero-order valence-corrected chi connectivity index (χ0v) is 9.50. The minimum Gasteiger partial charge on any atom is -0.461 e. The molecular weight excluding hydrogens is 248 g/mol. The van der Waals surface area contributed by atoms with E-state index in [0.29, 0.717) is 12.3 Å². The van der Waals surface area contributed by atoms with E-state index in [4.69, 9.17) is 4.74 Å². The molecule has 0 atom stereocenters. The molecule has 1 aliphatic rings. The summed E-state index contributed by atoms with van der Waals surface area (Å²) in [5.74, 6) is 0.626. The largest absolute Gasteiger partial charge is 0.461 e. The number of imidazole rings is 1. The highest BCUT2D eigenvalue weighted by molar-refractivity contribution is 9.10. The van der Waals surface area contributed by atoms with Gasteiger partial charge in [0.25, 0.3) is 0 Å². The van der Waals surface area contributed by atoms with E-state index in [9.17, 15) is 4.79 Å². The highest BCUT2D eigenvalue weighted by Crippen LogP contribution is 2.25. The summed E-state index contributed by atoms with van der Waals surface area (Å²) in [6.07, 6.45) is 2.04. The zero-order valence-electron chi connectivity index (χ0n) is 7.92. The van der Waals surface area contributed by atoms with Crippen LogP contribution in [-0.2, 0) is 17.7 Å². The quantitative estimate of drug-likeness (QED) is 0.760. The first-order chi connectivity index (χ1) is 6.74. The van der Waals surface area contributed by atoms with E-state index in [1.807, 2.05) is 4.57 Å². The van der Waals surface area contributed by atoms with Crippen molar-refractivity contribution in [3.63, 3.8) is 0 Å². The average Bonchev–Trinajstić information content (AvgIpc) is 2.69. The second-order valence-electron chi connectivity index (χ2n) is 3.14. The predicted octanol–water partition coefficient (Wildman–Crippen LogP) is 1.77. The van der Waals surface area contributed by atoms with Crippen LogP contribution in [-0.4, -0.2) is 22.1 Å². The smallest absolute Gasteiger partial charge is 0.359 e. The molecule has 14 heavy (non-hydrogen) atoms. The summed E-state index contributed by atoms with van der Waals surface area (Å²) >= 11 is 3.37. The fraction of sp³-hybridized carbons (Fsp3) is 0.556. The minimum absolute atomic E-state index is 0.346. The number of aryl methyl sites for hydroxylation is 1. The van der Waals surface area contributed by atoms with E-state index in [1.54, 1.807) is 6.92 Å². The molecule has 0 aromatic carbocycles. The number of fused-ring (bicyclic) bond motifs is 1. The maximum Gasteiger partial charge on any atom is 0.359 e. The molecule has 1 aromatic rings. The van der Waals surface area contributed by atoms with Crippen LogP contribution >= 0.6 is 15.9 Å². The minimum atomic E-state index is -0.346. The van der Waals surface area contributed by atoms with Crippen LogP contribution in [0.15, 0.2) is 4.60 Å². The third-order valence-corrected chi connectivity index (χ3v) is 3.04. The molecule has 4 nitrogen and oxygen atoms in total. The molecule has 2 rings (SSSR count). The molecular formula is C9H11BrN2O2. The molecule has 0 saturated carbocycles. The lowest BCUT2D eigenvalue weighted by Crippen LogP contribution is -2.06. The third-order valence-electron chi connectivity index (χ3n) is 2.24. The Kier molecular flexibility index (Phi) is 2.58. The van der Waals surface area contributed by atoms with Gasteiger partial charge in [-0.25, -0.2) is 9.78 Å². The number of hydrogen-bond donors (Lipinski definition) is 0. The van der Waals surface area contributed by atoms with E-state index >= 15 is 0 Å². The van der Waals surface area contributed by atoms with Gasteiger partial charge in [0.05, 0.1) is 6.61 Å². The van der Waals surface area contributed by atoms with Crippen molar-refractivity contribution in [2.24, 2.45) is 0 Å². The summed E-state index contributed by atoms with van der Waals surface area (Å²) in [7, 11) is 0. The maximum absolute atomic E-state index is 11.4. The van der Waals surface area contributed by atoms with Gasteiger partial charge in [0.15, 0.2) is 5.69 Å². The summed E-state index contributed by atoms with van der Waals surface area (Å²) in [5, 5.41) is 0. The number of esters is 1. The van der Waals surface area contributed by atoms with Gasteiger partial charge in [-0.1, -0.05) is 0 Å². The number of nitrogens with zero attached hydrogens (tertiary/aromatic N) is 2. The van der Waals surface area contributed by atoms with Crippen molar-refractivity contribution in [2.45, 2.75) is 26.3 Å². The van der Waals surface area contributed by atoms with Crippen LogP contribution in [0.3, 0.4) is 0 Å². The first-order valence-electron chi connectivity index (χ1n) is 4.66. The molecule has 0 radical (unpaired) electrons. The normalized spacial score (nSPS) is 14.1. The van der Waals surface area contributed by atoms with Crippen LogP contribution in [0, 0.1) is 0 Å². The second kappa shape index (κ2) is 3.73. The van der Waals surface area contributed by atoms with Gasteiger partial charge in [0.2, 0.25) is 0 Å². The van der Waals surface area contributed by atoms with Crippen molar-refractivity contribution < 1.29 is 9.53 Å². The van der Waals surface area contributed by atoms with Gasteiger partial charge in [-0.3, -0.25) is 0 Å². The van der Waals surface area contributed by atoms with E-state index in [1.165, 1.54) is 0 Å². The number of halogens is 1. The summed E-state index contributed by atoms with van der Waals surface area (Å²) in [6, 6.07) is 0. The second-order valence-corrected chi connectivity index (χ2v) is 3.89. The van der Waals surface area contributed by atoms with Crippen LogP contribution in [0.2, 0.25) is 0 Å². The summed E-state index contributed by atoms with van der Waals surface area (Å²) in [4.78, 5) is 15.7. The molecule has 1 aliphatic heterocycles. The van der Waals surface area contributed by atoms with Crippen molar-refractivity contribution in [1.82, 2.24) is 9.55 Å². The van der Waals surface area contributed by atoms with Crippen LogP contribution in [0.4, 0.5) is 0 Å². The fourth-order valence-electron chi connectivity index (χ4n) is 1.62. The van der Waals surface area contributed by atoms with Crippen molar-refractivity contribution in [2.75, 3.05) is 6.61 Å². The molecule has 76 valence electrons. The van der Waals surface area contributed by atoms with E-state index < -0.39 is 0 Å². The van der Waals surface area contributed by atoms with Crippen molar-refractivity contribution in [3.05, 3.63) is 16.1 Å². The molecule has 0 aliphatic carbocycles. The standard InChI is InChI=1S/C9H11BrN2O2/c1-2-14-9(13)7-8(10)12-5-3-4-6(12)11-7/h2-5H2,1H3. The monoisotopic (exact) mass is 258 g/mol. The molecule has 0 spiro atoms. The Bertz CT molecular complexity index is 373. The molecule has 0 N–H and O–H groups in total. The van der Waals surface area contributed by atoms with Crippen LogP contribution in [0.1, 0.15) is 29.7 Å². The average molecular weight is 259 g/mol. The van der Waals surface area contributed by atoms with Crippen molar-refractivity contribution in [3.8, 4) is 0 Å². The summed E-state index contributed by atoms with van der Waals surface area (Å²) in [6.45, 7) is 3.10. The molecule has 0 amide bonds. The van der Waals surface area contributed by atoms with Crippen LogP contribution < -0.4 is 0 Å². The van der Waals surface area contributed by atoms with E-state index in [-0.39, 0.29) is 5.97 Å². The number of ether oxygens (including phenoxy) is 1. The highest BCUT2D eigenvalue weighted by Gasteiger charge is 2.24. The van der Waals surface area contributed by atoms with Crippen molar-refractivity contribution in [1.29, 1.82) is 0 Å². The Hall–Kier alpha value is -0.840. The first kappa shape index (κ1) is 9.71. The van der Waals surface area contributed by atoms with E-state index in [2.05, 4.69) is 20.9 Å². The fourth-order valence-corrected chi connectivity index (χ4v) is 2.25. The third kappa shape index (κ3) is 1.45. The summed E-state index contributed by atoms with van der Waals surface area (Å²) in [5.41, 5.74) is 0.404. The predicted molar refractivity (Wildman–Crippen MR) is 54.2 cm³/mol. The first-order valence-corrected chi connectivity index (χ1v) is 5.45. The molecule has 0 unspecified atom stereocenters. The Morgan fingerprint density at radius 3 is 3.14 bits per heavy atom. The molecule has 1 aromatic heterocycles. The van der Waals surface area contributed by atoms with Gasteiger partial charge in [0, 0.05) is 13.0 Å². The number of rotatable bonds is 2. The molecule has 2 heterocycles. The Morgan fingerprint density at radius 2 is 2.50 bits per heavy atom. The Labute approximate surface area is 90.4 Å². The number of aromatic nitrogens is 2. The number of carbonyl (C=O) groups is 1. The van der Waals surface area contributed by atoms with Crippen molar-refractivity contribution >= 4 is 21.9 Å². The van der Waals surface area contributed by atoms with Gasteiger partial charge >= 0.3 is 5.97 Å². The van der Waals surface area contributed by atoms with Crippen LogP contribution in [0.25, 0.3) is 0 Å². The lowest BCUT2D eigenvalue weighted by Gasteiger charge is -2.00. The topological polar surface area (TPSA) is 44.1 Å². The van der Waals surface area contributed by atoms with Gasteiger partial charge in [-0.15, -0.1) is 0 Å². The number of hydrogen-bond acceptors (Lipinski definition) is 3. The summed E-state index contributed by atoms with van der Waals surface area (Å²) < 4.78 is 7.67. The van der Waals surface area contributed by atoms with Gasteiger partial charge in [-0.2, -0.15) is 0 Å². The van der Waals surface area contributed by atoms with E-state index in [0.717, 1.165) is 29.8 Å².